The van der Waals surface area contributed by atoms with Crippen molar-refractivity contribution in [2.24, 2.45) is 0 Å². The summed E-state index contributed by atoms with van der Waals surface area (Å²) < 4.78 is 5.30. The van der Waals surface area contributed by atoms with Crippen molar-refractivity contribution in [1.29, 1.82) is 0 Å². The van der Waals surface area contributed by atoms with Crippen molar-refractivity contribution in [1.82, 2.24) is 10.6 Å². The third-order valence-corrected chi connectivity index (χ3v) is 2.15. The van der Waals surface area contributed by atoms with Crippen LogP contribution in [0.2, 0.25) is 0 Å². The molecule has 1 aliphatic heterocycles. The molecule has 1 atom stereocenters. The lowest BCUT2D eigenvalue weighted by Gasteiger charge is -2.22. The Labute approximate surface area is 67.5 Å². The zero-order valence-corrected chi connectivity index (χ0v) is 6.75. The van der Waals surface area contributed by atoms with Crippen molar-refractivity contribution in [3.05, 3.63) is 0 Å². The second-order valence-corrected chi connectivity index (χ2v) is 3.32. The van der Waals surface area contributed by atoms with E-state index in [1.807, 2.05) is 0 Å². The van der Waals surface area contributed by atoms with Crippen LogP contribution in [0.5, 0.6) is 0 Å². The van der Waals surface area contributed by atoms with E-state index in [4.69, 9.17) is 4.74 Å². The third-order valence-electron chi connectivity index (χ3n) is 2.15. The summed E-state index contributed by atoms with van der Waals surface area (Å²) in [5, 5.41) is 7.89. The second kappa shape index (κ2) is 3.52. The molecular weight excluding hydrogens is 140 g/mol. The maximum Gasteiger partial charge on any atom is 0.0649 e. The zero-order chi connectivity index (χ0) is 7.52. The van der Waals surface area contributed by atoms with Gasteiger partial charge in [0.05, 0.1) is 19.3 Å². The summed E-state index contributed by atoms with van der Waals surface area (Å²) in [6.07, 6.45) is 2.71. The van der Waals surface area contributed by atoms with Crippen molar-refractivity contribution in [2.75, 3.05) is 26.3 Å². The molecule has 0 spiro atoms. The van der Waals surface area contributed by atoms with Crippen LogP contribution in [-0.4, -0.2) is 38.4 Å². The van der Waals surface area contributed by atoms with Gasteiger partial charge < -0.3 is 10.1 Å². The van der Waals surface area contributed by atoms with E-state index in [1.165, 1.54) is 12.8 Å². The molecule has 0 bridgehead atoms. The Morgan fingerprint density at radius 2 is 2.36 bits per heavy atom. The lowest BCUT2D eigenvalue weighted by atomic mass is 10.3. The molecule has 63 valence electrons. The fraction of sp³-hybridized carbons (Fsp3) is 1.00. The maximum absolute atomic E-state index is 5.30. The van der Waals surface area contributed by atoms with Crippen LogP contribution >= 0.6 is 0 Å². The summed E-state index contributed by atoms with van der Waals surface area (Å²) in [6.45, 7) is 3.54. The zero-order valence-electron chi connectivity index (χ0n) is 6.75. The highest BCUT2D eigenvalue weighted by molar-refractivity contribution is 4.83. The number of hydrogen-bond acceptors (Lipinski definition) is 2. The minimum atomic E-state index is 0.421. The SMILES string of the molecule is C1COCC(CNC2CC2)[N]1. The highest BCUT2D eigenvalue weighted by Crippen LogP contribution is 2.18. The molecule has 1 saturated heterocycles. The molecule has 1 saturated carbocycles. The average molecular weight is 155 g/mol. The summed E-state index contributed by atoms with van der Waals surface area (Å²) in [5.41, 5.74) is 0. The Balaban J connectivity index is 1.59. The number of hydrogen-bond donors (Lipinski definition) is 1. The number of nitrogens with one attached hydrogen (secondary N) is 1. The van der Waals surface area contributed by atoms with Crippen LogP contribution in [0, 0.1) is 0 Å². The van der Waals surface area contributed by atoms with E-state index in [1.54, 1.807) is 0 Å². The van der Waals surface area contributed by atoms with Gasteiger partial charge in [0.15, 0.2) is 0 Å². The lowest BCUT2D eigenvalue weighted by molar-refractivity contribution is 0.0743. The minimum Gasteiger partial charge on any atom is -0.378 e. The Kier molecular flexibility index (Phi) is 2.41. The number of ether oxygens (including phenoxy) is 1. The Morgan fingerprint density at radius 1 is 1.45 bits per heavy atom. The molecule has 11 heavy (non-hydrogen) atoms. The molecule has 2 aliphatic rings. The molecule has 1 unspecified atom stereocenters. The minimum absolute atomic E-state index is 0.421. The first-order valence-corrected chi connectivity index (χ1v) is 4.43. The van der Waals surface area contributed by atoms with Gasteiger partial charge in [0.25, 0.3) is 0 Å². The molecule has 1 aliphatic carbocycles. The molecule has 0 aromatic carbocycles. The van der Waals surface area contributed by atoms with Crippen LogP contribution < -0.4 is 10.6 Å². The van der Waals surface area contributed by atoms with E-state index < -0.39 is 0 Å². The molecule has 3 nitrogen and oxygen atoms in total. The molecule has 0 amide bonds. The van der Waals surface area contributed by atoms with Crippen molar-refractivity contribution < 1.29 is 4.74 Å². The van der Waals surface area contributed by atoms with Gasteiger partial charge in [-0.05, 0) is 12.8 Å². The largest absolute Gasteiger partial charge is 0.378 e. The van der Waals surface area contributed by atoms with Gasteiger partial charge in [-0.15, -0.1) is 0 Å². The summed E-state index contributed by atoms with van der Waals surface area (Å²) in [4.78, 5) is 0. The molecule has 1 radical (unpaired) electrons. The summed E-state index contributed by atoms with van der Waals surface area (Å²) >= 11 is 0. The molecule has 1 N–H and O–H groups in total. The van der Waals surface area contributed by atoms with Gasteiger partial charge in [-0.25, -0.2) is 5.32 Å². The molecule has 3 heteroatoms. The normalized spacial score (nSPS) is 32.2. The maximum atomic E-state index is 5.30. The van der Waals surface area contributed by atoms with E-state index in [0.29, 0.717) is 6.04 Å². The van der Waals surface area contributed by atoms with Gasteiger partial charge in [-0.2, -0.15) is 0 Å². The predicted octanol–water partition coefficient (Wildman–Crippen LogP) is -0.258. The molecular formula is C8H15N2O. The van der Waals surface area contributed by atoms with E-state index >= 15 is 0 Å². The molecule has 1 heterocycles. The van der Waals surface area contributed by atoms with Gasteiger partial charge >= 0.3 is 0 Å². The quantitative estimate of drug-likeness (QED) is 0.609. The molecule has 0 aromatic rings. The highest BCUT2D eigenvalue weighted by Gasteiger charge is 2.22. The lowest BCUT2D eigenvalue weighted by Crippen LogP contribution is -2.43. The number of rotatable bonds is 3. The van der Waals surface area contributed by atoms with Crippen LogP contribution in [0.25, 0.3) is 0 Å². The van der Waals surface area contributed by atoms with Crippen molar-refractivity contribution >= 4 is 0 Å². The first kappa shape index (κ1) is 7.53. The highest BCUT2D eigenvalue weighted by atomic mass is 16.5. The molecule has 0 aromatic heterocycles. The van der Waals surface area contributed by atoms with Crippen LogP contribution in [0.3, 0.4) is 0 Å². The van der Waals surface area contributed by atoms with Crippen molar-refractivity contribution in [2.45, 2.75) is 24.9 Å². The number of nitrogens with zero attached hydrogens (tertiary/aromatic N) is 1. The monoisotopic (exact) mass is 155 g/mol. The average Bonchev–Trinajstić information content (AvgIpc) is 2.86. The second-order valence-electron chi connectivity index (χ2n) is 3.32. The Bertz CT molecular complexity index is 119. The van der Waals surface area contributed by atoms with E-state index in [2.05, 4.69) is 10.6 Å². The van der Waals surface area contributed by atoms with Crippen LogP contribution in [-0.2, 0) is 4.74 Å². The summed E-state index contributed by atoms with van der Waals surface area (Å²) in [5.74, 6) is 0. The van der Waals surface area contributed by atoms with E-state index in [9.17, 15) is 0 Å². The van der Waals surface area contributed by atoms with Gasteiger partial charge in [-0.1, -0.05) is 0 Å². The fourth-order valence-corrected chi connectivity index (χ4v) is 1.29. The fourth-order valence-electron chi connectivity index (χ4n) is 1.29. The van der Waals surface area contributed by atoms with Gasteiger partial charge in [0, 0.05) is 19.1 Å². The van der Waals surface area contributed by atoms with Crippen molar-refractivity contribution in [3.63, 3.8) is 0 Å². The summed E-state index contributed by atoms with van der Waals surface area (Å²) in [7, 11) is 0. The predicted molar refractivity (Wildman–Crippen MR) is 42.6 cm³/mol. The first-order valence-electron chi connectivity index (χ1n) is 4.43. The smallest absolute Gasteiger partial charge is 0.0649 e. The van der Waals surface area contributed by atoms with Gasteiger partial charge in [-0.3, -0.25) is 0 Å². The first-order chi connectivity index (χ1) is 5.45. The van der Waals surface area contributed by atoms with Gasteiger partial charge in [0.2, 0.25) is 0 Å². The van der Waals surface area contributed by atoms with Crippen molar-refractivity contribution in [3.8, 4) is 0 Å². The van der Waals surface area contributed by atoms with E-state index in [0.717, 1.165) is 32.3 Å². The topological polar surface area (TPSA) is 35.4 Å². The van der Waals surface area contributed by atoms with Gasteiger partial charge in [0.1, 0.15) is 0 Å². The third kappa shape index (κ3) is 2.43. The number of morpholine rings is 1. The van der Waals surface area contributed by atoms with Crippen LogP contribution in [0.4, 0.5) is 0 Å². The molecule has 2 rings (SSSR count). The van der Waals surface area contributed by atoms with Crippen LogP contribution in [0.1, 0.15) is 12.8 Å². The van der Waals surface area contributed by atoms with E-state index in [-0.39, 0.29) is 0 Å². The Morgan fingerprint density at radius 3 is 3.00 bits per heavy atom. The van der Waals surface area contributed by atoms with Crippen LogP contribution in [0.15, 0.2) is 0 Å². The Hall–Kier alpha value is -0.120. The summed E-state index contributed by atoms with van der Waals surface area (Å²) in [6, 6.07) is 1.22. The standard InChI is InChI=1S/C8H15N2O/c1-2-7(1)10-5-8-6-11-4-3-9-8/h7-8,10H,1-6H2. The molecule has 2 fully saturated rings.